The first-order chi connectivity index (χ1) is 4.75. The third-order valence-electron chi connectivity index (χ3n) is 2.18. The highest BCUT2D eigenvalue weighted by molar-refractivity contribution is 4.82. The van der Waals surface area contributed by atoms with Crippen molar-refractivity contribution in [2.24, 2.45) is 11.7 Å². The highest BCUT2D eigenvalue weighted by Gasteiger charge is 2.30. The zero-order valence-electron chi connectivity index (χ0n) is 6.29. The Kier molecular flexibility index (Phi) is 2.65. The van der Waals surface area contributed by atoms with Crippen molar-refractivity contribution in [3.05, 3.63) is 0 Å². The van der Waals surface area contributed by atoms with Gasteiger partial charge in [-0.3, -0.25) is 0 Å². The predicted molar refractivity (Wildman–Crippen MR) is 38.6 cm³/mol. The summed E-state index contributed by atoms with van der Waals surface area (Å²) in [6.45, 7) is 2.91. The van der Waals surface area contributed by atoms with Gasteiger partial charge in [-0.05, 0) is 12.3 Å². The van der Waals surface area contributed by atoms with Crippen LogP contribution in [-0.2, 0) is 4.74 Å². The molecule has 0 bridgehead atoms. The minimum absolute atomic E-state index is 0.163. The van der Waals surface area contributed by atoms with E-state index in [4.69, 9.17) is 15.6 Å². The number of hydrogen-bond donors (Lipinski definition) is 2. The summed E-state index contributed by atoms with van der Waals surface area (Å²) in [5.41, 5.74) is 5.69. The van der Waals surface area contributed by atoms with E-state index in [2.05, 4.69) is 6.92 Å². The summed E-state index contributed by atoms with van der Waals surface area (Å²) >= 11 is 0. The Morgan fingerprint density at radius 3 is 2.80 bits per heavy atom. The number of nitrogens with two attached hydrogens (primary N) is 1. The summed E-state index contributed by atoms with van der Waals surface area (Å²) in [4.78, 5) is 0. The Bertz CT molecular complexity index is 106. The fourth-order valence-electron chi connectivity index (χ4n) is 1.29. The SMILES string of the molecule is CC1C(N)COC1CCO. The van der Waals surface area contributed by atoms with Crippen molar-refractivity contribution in [2.75, 3.05) is 13.2 Å². The first kappa shape index (κ1) is 7.98. The quantitative estimate of drug-likeness (QED) is 0.562. The topological polar surface area (TPSA) is 55.5 Å². The molecule has 1 heterocycles. The van der Waals surface area contributed by atoms with Gasteiger partial charge in [-0.1, -0.05) is 6.92 Å². The van der Waals surface area contributed by atoms with Crippen molar-refractivity contribution < 1.29 is 9.84 Å². The Morgan fingerprint density at radius 2 is 2.40 bits per heavy atom. The van der Waals surface area contributed by atoms with Gasteiger partial charge in [0.1, 0.15) is 0 Å². The second-order valence-electron chi connectivity index (χ2n) is 2.91. The predicted octanol–water partition coefficient (Wildman–Crippen LogP) is -0.269. The van der Waals surface area contributed by atoms with Crippen molar-refractivity contribution in [2.45, 2.75) is 25.5 Å². The maximum absolute atomic E-state index is 8.61. The molecule has 0 aromatic rings. The van der Waals surface area contributed by atoms with E-state index in [0.717, 1.165) is 6.42 Å². The third-order valence-corrected chi connectivity index (χ3v) is 2.18. The second kappa shape index (κ2) is 3.32. The molecule has 1 aliphatic heterocycles. The van der Waals surface area contributed by atoms with Crippen LogP contribution in [0.5, 0.6) is 0 Å². The Labute approximate surface area is 61.2 Å². The summed E-state index contributed by atoms with van der Waals surface area (Å²) in [5, 5.41) is 8.61. The number of aliphatic hydroxyl groups is 1. The molecule has 0 radical (unpaired) electrons. The minimum atomic E-state index is 0.163. The highest BCUT2D eigenvalue weighted by Crippen LogP contribution is 2.21. The van der Waals surface area contributed by atoms with Crippen LogP contribution in [0, 0.1) is 5.92 Å². The molecule has 1 aliphatic rings. The van der Waals surface area contributed by atoms with Gasteiger partial charge >= 0.3 is 0 Å². The summed E-state index contributed by atoms with van der Waals surface area (Å²) in [7, 11) is 0. The molecule has 1 saturated heterocycles. The molecule has 0 aliphatic carbocycles. The van der Waals surface area contributed by atoms with Crippen molar-refractivity contribution in [1.29, 1.82) is 0 Å². The van der Waals surface area contributed by atoms with E-state index >= 15 is 0 Å². The number of rotatable bonds is 2. The van der Waals surface area contributed by atoms with Gasteiger partial charge in [-0.2, -0.15) is 0 Å². The van der Waals surface area contributed by atoms with Gasteiger partial charge in [0.25, 0.3) is 0 Å². The van der Waals surface area contributed by atoms with E-state index < -0.39 is 0 Å². The van der Waals surface area contributed by atoms with Crippen LogP contribution in [0.2, 0.25) is 0 Å². The molecule has 0 saturated carbocycles. The molecular formula is C7H15NO2. The molecule has 1 fully saturated rings. The lowest BCUT2D eigenvalue weighted by Crippen LogP contribution is -2.29. The molecule has 3 atom stereocenters. The zero-order valence-corrected chi connectivity index (χ0v) is 6.29. The standard InChI is InChI=1S/C7H15NO2/c1-5-6(8)4-10-7(5)2-3-9/h5-7,9H,2-4,8H2,1H3. The monoisotopic (exact) mass is 145 g/mol. The lowest BCUT2D eigenvalue weighted by atomic mass is 9.98. The Hall–Kier alpha value is -0.120. The van der Waals surface area contributed by atoms with E-state index in [0.29, 0.717) is 12.5 Å². The van der Waals surface area contributed by atoms with E-state index in [1.165, 1.54) is 0 Å². The van der Waals surface area contributed by atoms with Crippen LogP contribution in [0.3, 0.4) is 0 Å². The number of hydrogen-bond acceptors (Lipinski definition) is 3. The third kappa shape index (κ3) is 1.48. The second-order valence-corrected chi connectivity index (χ2v) is 2.91. The van der Waals surface area contributed by atoms with Crippen LogP contribution in [0.15, 0.2) is 0 Å². The summed E-state index contributed by atoms with van der Waals surface area (Å²) in [6, 6.07) is 0.163. The highest BCUT2D eigenvalue weighted by atomic mass is 16.5. The summed E-state index contributed by atoms with van der Waals surface area (Å²) in [6.07, 6.45) is 0.898. The van der Waals surface area contributed by atoms with Gasteiger partial charge in [0.15, 0.2) is 0 Å². The number of aliphatic hydroxyl groups excluding tert-OH is 1. The van der Waals surface area contributed by atoms with Crippen LogP contribution < -0.4 is 5.73 Å². The Morgan fingerprint density at radius 1 is 1.70 bits per heavy atom. The fourth-order valence-corrected chi connectivity index (χ4v) is 1.29. The molecule has 0 spiro atoms. The van der Waals surface area contributed by atoms with Crippen LogP contribution in [0.25, 0.3) is 0 Å². The maximum Gasteiger partial charge on any atom is 0.0638 e. The van der Waals surface area contributed by atoms with Crippen LogP contribution >= 0.6 is 0 Å². The molecule has 3 heteroatoms. The lowest BCUT2D eigenvalue weighted by molar-refractivity contribution is 0.0705. The van der Waals surface area contributed by atoms with Gasteiger partial charge in [-0.15, -0.1) is 0 Å². The van der Waals surface area contributed by atoms with Crippen molar-refractivity contribution in [1.82, 2.24) is 0 Å². The molecule has 3 unspecified atom stereocenters. The Balaban J connectivity index is 2.33. The molecule has 1 rings (SSSR count). The molecule has 3 N–H and O–H groups in total. The smallest absolute Gasteiger partial charge is 0.0638 e. The van der Waals surface area contributed by atoms with E-state index in [-0.39, 0.29) is 18.8 Å². The van der Waals surface area contributed by atoms with Gasteiger partial charge in [0.2, 0.25) is 0 Å². The van der Waals surface area contributed by atoms with E-state index in [1.54, 1.807) is 0 Å². The lowest BCUT2D eigenvalue weighted by Gasteiger charge is -2.13. The molecular weight excluding hydrogens is 130 g/mol. The fraction of sp³-hybridized carbons (Fsp3) is 1.00. The van der Waals surface area contributed by atoms with E-state index in [9.17, 15) is 0 Å². The van der Waals surface area contributed by atoms with Gasteiger partial charge < -0.3 is 15.6 Å². The van der Waals surface area contributed by atoms with Crippen LogP contribution in [0.1, 0.15) is 13.3 Å². The molecule has 0 aromatic carbocycles. The summed E-state index contributed by atoms with van der Waals surface area (Å²) in [5.74, 6) is 0.396. The first-order valence-electron chi connectivity index (χ1n) is 3.73. The zero-order chi connectivity index (χ0) is 7.56. The molecule has 60 valence electrons. The van der Waals surface area contributed by atoms with Crippen molar-refractivity contribution >= 4 is 0 Å². The summed E-state index contributed by atoms with van der Waals surface area (Å²) < 4.78 is 5.33. The van der Waals surface area contributed by atoms with Crippen LogP contribution in [0.4, 0.5) is 0 Å². The molecule has 10 heavy (non-hydrogen) atoms. The van der Waals surface area contributed by atoms with Crippen molar-refractivity contribution in [3.63, 3.8) is 0 Å². The van der Waals surface area contributed by atoms with Gasteiger partial charge in [0.05, 0.1) is 12.7 Å². The van der Waals surface area contributed by atoms with Crippen LogP contribution in [-0.4, -0.2) is 30.5 Å². The van der Waals surface area contributed by atoms with E-state index in [1.807, 2.05) is 0 Å². The first-order valence-corrected chi connectivity index (χ1v) is 3.73. The maximum atomic E-state index is 8.61. The van der Waals surface area contributed by atoms with Gasteiger partial charge in [-0.25, -0.2) is 0 Å². The molecule has 0 aromatic heterocycles. The largest absolute Gasteiger partial charge is 0.396 e. The van der Waals surface area contributed by atoms with Gasteiger partial charge in [0, 0.05) is 12.6 Å². The minimum Gasteiger partial charge on any atom is -0.396 e. The normalized spacial score (nSPS) is 40.5. The molecule has 0 amide bonds. The average molecular weight is 145 g/mol. The van der Waals surface area contributed by atoms with Crippen molar-refractivity contribution in [3.8, 4) is 0 Å². The number of ether oxygens (including phenoxy) is 1. The molecule has 3 nitrogen and oxygen atoms in total. The average Bonchev–Trinajstić information content (AvgIpc) is 2.20.